The van der Waals surface area contributed by atoms with E-state index in [1.807, 2.05) is 0 Å². The summed E-state index contributed by atoms with van der Waals surface area (Å²) in [6.45, 7) is 9.57. The number of alkyl halides is 1. The van der Waals surface area contributed by atoms with Gasteiger partial charge in [0.05, 0.1) is 6.04 Å². The van der Waals surface area contributed by atoms with Crippen molar-refractivity contribution in [1.82, 2.24) is 4.90 Å². The smallest absolute Gasteiger partial charge is 0.330 e. The monoisotopic (exact) mass is 219 g/mol. The van der Waals surface area contributed by atoms with Gasteiger partial charge in [-0.1, -0.05) is 20.4 Å². The molecule has 0 aliphatic carbocycles. The van der Waals surface area contributed by atoms with Crippen LogP contribution in [0.25, 0.3) is 0 Å². The van der Waals surface area contributed by atoms with Gasteiger partial charge in [0.2, 0.25) is 0 Å². The predicted molar refractivity (Wildman–Crippen MR) is 58.6 cm³/mol. The van der Waals surface area contributed by atoms with Crippen molar-refractivity contribution in [2.75, 3.05) is 25.6 Å². The number of hydrogen-bond donors (Lipinski definition) is 0. The van der Waals surface area contributed by atoms with E-state index in [1.54, 1.807) is 0 Å². The molecule has 3 nitrogen and oxygen atoms in total. The highest BCUT2D eigenvalue weighted by Gasteiger charge is 2.15. The van der Waals surface area contributed by atoms with Crippen molar-refractivity contribution in [3.8, 4) is 0 Å². The number of carbonyl (C=O) groups is 1. The standard InChI is InChI=1S/C10H18ClNO2/c1-4-10(13)14-8-9(7-11)12(5-2)6-3/h4,9H,1,5-8H2,2-3H3. The van der Waals surface area contributed by atoms with Crippen LogP contribution in [-0.2, 0) is 9.53 Å². The first-order chi connectivity index (χ1) is 6.69. The third-order valence-corrected chi connectivity index (χ3v) is 2.45. The molecule has 1 unspecified atom stereocenters. The molecule has 0 aliphatic heterocycles. The Labute approximate surface area is 90.7 Å². The molecule has 0 radical (unpaired) electrons. The van der Waals surface area contributed by atoms with Crippen molar-refractivity contribution in [2.45, 2.75) is 19.9 Å². The van der Waals surface area contributed by atoms with Gasteiger partial charge < -0.3 is 4.74 Å². The molecular formula is C10H18ClNO2. The summed E-state index contributed by atoms with van der Waals surface area (Å²) in [6.07, 6.45) is 1.16. The lowest BCUT2D eigenvalue weighted by atomic mass is 10.3. The summed E-state index contributed by atoms with van der Waals surface area (Å²) in [4.78, 5) is 13.0. The van der Waals surface area contributed by atoms with Crippen LogP contribution in [-0.4, -0.2) is 42.5 Å². The summed E-state index contributed by atoms with van der Waals surface area (Å²) in [6, 6.07) is 0.0931. The Balaban J connectivity index is 4.00. The second kappa shape index (κ2) is 7.83. The van der Waals surface area contributed by atoms with Gasteiger partial charge in [-0.25, -0.2) is 4.79 Å². The average Bonchev–Trinajstić information content (AvgIpc) is 2.23. The highest BCUT2D eigenvalue weighted by Crippen LogP contribution is 2.02. The summed E-state index contributed by atoms with van der Waals surface area (Å²) in [5.74, 6) is 0.0683. The van der Waals surface area contributed by atoms with E-state index in [0.29, 0.717) is 12.5 Å². The second-order valence-corrected chi connectivity index (χ2v) is 3.17. The van der Waals surface area contributed by atoms with Crippen molar-refractivity contribution < 1.29 is 9.53 Å². The van der Waals surface area contributed by atoms with E-state index >= 15 is 0 Å². The molecule has 0 bridgehead atoms. The molecule has 0 heterocycles. The van der Waals surface area contributed by atoms with Crippen LogP contribution < -0.4 is 0 Å². The Morgan fingerprint density at radius 1 is 1.57 bits per heavy atom. The van der Waals surface area contributed by atoms with Crippen molar-refractivity contribution in [2.24, 2.45) is 0 Å². The van der Waals surface area contributed by atoms with E-state index in [4.69, 9.17) is 16.3 Å². The first kappa shape index (κ1) is 13.5. The van der Waals surface area contributed by atoms with Crippen LogP contribution in [0.4, 0.5) is 0 Å². The number of esters is 1. The maximum absolute atomic E-state index is 10.8. The lowest BCUT2D eigenvalue weighted by Gasteiger charge is -2.27. The predicted octanol–water partition coefficient (Wildman–Crippen LogP) is 1.66. The lowest BCUT2D eigenvalue weighted by Crippen LogP contribution is -2.40. The van der Waals surface area contributed by atoms with Crippen molar-refractivity contribution >= 4 is 17.6 Å². The molecule has 0 spiro atoms. The van der Waals surface area contributed by atoms with Gasteiger partial charge >= 0.3 is 5.97 Å². The molecule has 0 saturated carbocycles. The van der Waals surface area contributed by atoms with Gasteiger partial charge in [-0.05, 0) is 13.1 Å². The zero-order valence-corrected chi connectivity index (χ0v) is 9.59. The van der Waals surface area contributed by atoms with Crippen LogP contribution in [0.15, 0.2) is 12.7 Å². The maximum atomic E-state index is 10.8. The van der Waals surface area contributed by atoms with Crippen molar-refractivity contribution in [3.63, 3.8) is 0 Å². The minimum Gasteiger partial charge on any atom is -0.461 e. The van der Waals surface area contributed by atoms with Crippen LogP contribution in [0.1, 0.15) is 13.8 Å². The molecule has 0 fully saturated rings. The van der Waals surface area contributed by atoms with Crippen LogP contribution in [0.3, 0.4) is 0 Å². The summed E-state index contributed by atoms with van der Waals surface area (Å²) in [5, 5.41) is 0. The van der Waals surface area contributed by atoms with E-state index in [-0.39, 0.29) is 6.04 Å². The third kappa shape index (κ3) is 4.63. The number of nitrogens with zero attached hydrogens (tertiary/aromatic N) is 1. The Kier molecular flexibility index (Phi) is 7.52. The fourth-order valence-corrected chi connectivity index (χ4v) is 1.51. The Bertz CT molecular complexity index is 181. The third-order valence-electron chi connectivity index (χ3n) is 2.09. The fraction of sp³-hybridized carbons (Fsp3) is 0.700. The Hall–Kier alpha value is -0.540. The molecule has 1 atom stereocenters. The lowest BCUT2D eigenvalue weighted by molar-refractivity contribution is -0.139. The van der Waals surface area contributed by atoms with Crippen LogP contribution in [0.5, 0.6) is 0 Å². The van der Waals surface area contributed by atoms with Gasteiger partial charge in [0.25, 0.3) is 0 Å². The number of ether oxygens (including phenoxy) is 1. The van der Waals surface area contributed by atoms with Gasteiger partial charge in [-0.15, -0.1) is 11.6 Å². The molecular weight excluding hydrogens is 202 g/mol. The molecule has 82 valence electrons. The van der Waals surface area contributed by atoms with Crippen LogP contribution >= 0.6 is 11.6 Å². The van der Waals surface area contributed by atoms with Gasteiger partial charge in [-0.3, -0.25) is 4.90 Å². The van der Waals surface area contributed by atoms with E-state index in [2.05, 4.69) is 25.3 Å². The summed E-state index contributed by atoms with van der Waals surface area (Å²) in [5.41, 5.74) is 0. The molecule has 0 rings (SSSR count). The zero-order chi connectivity index (χ0) is 11.0. The topological polar surface area (TPSA) is 29.5 Å². The maximum Gasteiger partial charge on any atom is 0.330 e. The van der Waals surface area contributed by atoms with Crippen molar-refractivity contribution in [1.29, 1.82) is 0 Å². The molecule has 4 heteroatoms. The van der Waals surface area contributed by atoms with E-state index in [0.717, 1.165) is 19.2 Å². The molecule has 0 N–H and O–H groups in total. The summed E-state index contributed by atoms with van der Waals surface area (Å²) in [7, 11) is 0. The number of carbonyl (C=O) groups excluding carboxylic acids is 1. The minimum absolute atomic E-state index is 0.0931. The summed E-state index contributed by atoms with van der Waals surface area (Å²) >= 11 is 5.79. The first-order valence-corrected chi connectivity index (χ1v) is 5.32. The Morgan fingerprint density at radius 2 is 2.14 bits per heavy atom. The van der Waals surface area contributed by atoms with E-state index < -0.39 is 5.97 Å². The molecule has 0 aromatic rings. The summed E-state index contributed by atoms with van der Waals surface area (Å²) < 4.78 is 4.95. The van der Waals surface area contributed by atoms with Crippen molar-refractivity contribution in [3.05, 3.63) is 12.7 Å². The molecule has 0 aromatic heterocycles. The fourth-order valence-electron chi connectivity index (χ4n) is 1.22. The number of rotatable bonds is 7. The van der Waals surface area contributed by atoms with E-state index in [9.17, 15) is 4.79 Å². The zero-order valence-electron chi connectivity index (χ0n) is 8.83. The van der Waals surface area contributed by atoms with Gasteiger partial charge in [0, 0.05) is 12.0 Å². The normalized spacial score (nSPS) is 12.6. The molecule has 0 aliphatic rings. The second-order valence-electron chi connectivity index (χ2n) is 2.86. The molecule has 0 amide bonds. The molecule has 14 heavy (non-hydrogen) atoms. The quantitative estimate of drug-likeness (QED) is 0.371. The van der Waals surface area contributed by atoms with Gasteiger partial charge in [-0.2, -0.15) is 0 Å². The number of halogens is 1. The SMILES string of the molecule is C=CC(=O)OCC(CCl)N(CC)CC. The minimum atomic E-state index is -0.396. The first-order valence-electron chi connectivity index (χ1n) is 4.78. The highest BCUT2D eigenvalue weighted by atomic mass is 35.5. The van der Waals surface area contributed by atoms with Gasteiger partial charge in [0.1, 0.15) is 6.61 Å². The number of likely N-dealkylation sites (N-methyl/N-ethyl adjacent to an activating group) is 1. The van der Waals surface area contributed by atoms with Gasteiger partial charge in [0.15, 0.2) is 0 Å². The molecule has 0 saturated heterocycles. The highest BCUT2D eigenvalue weighted by molar-refractivity contribution is 6.18. The average molecular weight is 220 g/mol. The molecule has 0 aromatic carbocycles. The van der Waals surface area contributed by atoms with Crippen LogP contribution in [0, 0.1) is 0 Å². The van der Waals surface area contributed by atoms with Crippen LogP contribution in [0.2, 0.25) is 0 Å². The van der Waals surface area contributed by atoms with E-state index in [1.165, 1.54) is 0 Å². The Morgan fingerprint density at radius 3 is 2.50 bits per heavy atom. The largest absolute Gasteiger partial charge is 0.461 e. The number of hydrogen-bond acceptors (Lipinski definition) is 3.